The second kappa shape index (κ2) is 5.12. The van der Waals surface area contributed by atoms with Gasteiger partial charge in [0.2, 0.25) is 0 Å². The summed E-state index contributed by atoms with van der Waals surface area (Å²) in [6, 6.07) is 5.12. The second-order valence-corrected chi connectivity index (χ2v) is 3.78. The minimum Gasteiger partial charge on any atom is -0.274 e. The molecule has 0 atom stereocenters. The summed E-state index contributed by atoms with van der Waals surface area (Å²) in [5, 5.41) is 1.47. The molecule has 0 radical (unpaired) electrons. The van der Waals surface area contributed by atoms with E-state index in [1.54, 1.807) is 7.05 Å². The fraction of sp³-hybridized carbons (Fsp3) is 0.500. The summed E-state index contributed by atoms with van der Waals surface area (Å²) in [5.74, 6) is 0.134. The minimum absolute atomic E-state index is 0.254. The summed E-state index contributed by atoms with van der Waals surface area (Å²) in [5.41, 5.74) is 1.60. The molecule has 1 rings (SSSR count). The van der Waals surface area contributed by atoms with Gasteiger partial charge in [-0.3, -0.25) is 9.90 Å². The first-order valence-electron chi connectivity index (χ1n) is 5.22. The first-order valence-corrected chi connectivity index (χ1v) is 5.22. The van der Waals surface area contributed by atoms with Gasteiger partial charge in [0.05, 0.1) is 12.3 Å². The van der Waals surface area contributed by atoms with Gasteiger partial charge in [0.25, 0.3) is 0 Å². The fourth-order valence-electron chi connectivity index (χ4n) is 1.39. The van der Waals surface area contributed by atoms with Crippen LogP contribution in [0.2, 0.25) is 0 Å². The Balaban J connectivity index is 2.99. The van der Waals surface area contributed by atoms with Crippen LogP contribution in [0.3, 0.4) is 0 Å². The fourth-order valence-corrected chi connectivity index (χ4v) is 1.39. The Hall–Kier alpha value is -1.09. The summed E-state index contributed by atoms with van der Waals surface area (Å²) in [4.78, 5) is 5.24. The SMILES string of the molecule is CCON(C)c1cc(C(C)C)ccc1F. The van der Waals surface area contributed by atoms with Gasteiger partial charge in [0, 0.05) is 7.05 Å². The molecule has 3 heteroatoms. The third-order valence-corrected chi connectivity index (χ3v) is 2.30. The molecule has 0 aliphatic rings. The number of hydrogen-bond donors (Lipinski definition) is 0. The Labute approximate surface area is 90.6 Å². The molecule has 0 N–H and O–H groups in total. The molecule has 0 unspecified atom stereocenters. The van der Waals surface area contributed by atoms with Crippen molar-refractivity contribution in [2.24, 2.45) is 0 Å². The van der Waals surface area contributed by atoms with Gasteiger partial charge in [-0.2, -0.15) is 0 Å². The molecule has 0 saturated heterocycles. The number of rotatable bonds is 4. The highest BCUT2D eigenvalue weighted by Gasteiger charge is 2.10. The summed E-state index contributed by atoms with van der Waals surface area (Å²) in [7, 11) is 1.71. The Morgan fingerprint density at radius 2 is 2.07 bits per heavy atom. The maximum absolute atomic E-state index is 13.5. The molecule has 0 aliphatic carbocycles. The van der Waals surface area contributed by atoms with Crippen LogP contribution in [-0.4, -0.2) is 13.7 Å². The van der Waals surface area contributed by atoms with Crippen molar-refractivity contribution in [1.82, 2.24) is 0 Å². The zero-order chi connectivity index (χ0) is 11.4. The van der Waals surface area contributed by atoms with Crippen molar-refractivity contribution >= 4 is 5.69 Å². The maximum atomic E-state index is 13.5. The lowest BCUT2D eigenvalue weighted by Gasteiger charge is -2.19. The molecule has 0 saturated carbocycles. The van der Waals surface area contributed by atoms with Crippen molar-refractivity contribution in [3.05, 3.63) is 29.6 Å². The van der Waals surface area contributed by atoms with Crippen molar-refractivity contribution in [3.8, 4) is 0 Å². The molecule has 2 nitrogen and oxygen atoms in total. The van der Waals surface area contributed by atoms with Crippen LogP contribution in [0, 0.1) is 5.82 Å². The van der Waals surface area contributed by atoms with Crippen molar-refractivity contribution in [1.29, 1.82) is 0 Å². The monoisotopic (exact) mass is 211 g/mol. The molecular weight excluding hydrogens is 193 g/mol. The predicted molar refractivity (Wildman–Crippen MR) is 60.5 cm³/mol. The van der Waals surface area contributed by atoms with E-state index in [0.29, 0.717) is 18.2 Å². The summed E-state index contributed by atoms with van der Waals surface area (Å²) < 4.78 is 13.5. The lowest BCUT2D eigenvalue weighted by molar-refractivity contribution is 0.133. The molecule has 1 aromatic rings. The highest BCUT2D eigenvalue weighted by Crippen LogP contribution is 2.24. The molecule has 0 amide bonds. The van der Waals surface area contributed by atoms with Crippen molar-refractivity contribution < 1.29 is 9.23 Å². The van der Waals surface area contributed by atoms with E-state index in [9.17, 15) is 4.39 Å². The molecular formula is C12H18FNO. The highest BCUT2D eigenvalue weighted by atomic mass is 19.1. The van der Waals surface area contributed by atoms with E-state index in [1.165, 1.54) is 11.1 Å². The number of halogens is 1. The summed E-state index contributed by atoms with van der Waals surface area (Å²) in [6.45, 7) is 6.57. The third-order valence-electron chi connectivity index (χ3n) is 2.30. The zero-order valence-electron chi connectivity index (χ0n) is 9.75. The number of anilines is 1. The average Bonchev–Trinajstić information content (AvgIpc) is 2.18. The first-order chi connectivity index (χ1) is 7.06. The molecule has 0 heterocycles. The van der Waals surface area contributed by atoms with E-state index in [-0.39, 0.29) is 5.82 Å². The Morgan fingerprint density at radius 3 is 2.60 bits per heavy atom. The van der Waals surface area contributed by atoms with Gasteiger partial charge in [0.15, 0.2) is 0 Å². The van der Waals surface area contributed by atoms with Gasteiger partial charge in [-0.1, -0.05) is 19.9 Å². The van der Waals surface area contributed by atoms with E-state index < -0.39 is 0 Å². The molecule has 0 aliphatic heterocycles. The second-order valence-electron chi connectivity index (χ2n) is 3.78. The van der Waals surface area contributed by atoms with Crippen LogP contribution in [0.1, 0.15) is 32.3 Å². The Morgan fingerprint density at radius 1 is 1.40 bits per heavy atom. The van der Waals surface area contributed by atoms with Crippen molar-refractivity contribution in [2.75, 3.05) is 18.7 Å². The third kappa shape index (κ3) is 2.93. The van der Waals surface area contributed by atoms with Gasteiger partial charge < -0.3 is 0 Å². The quantitative estimate of drug-likeness (QED) is 0.708. The summed E-state index contributed by atoms with van der Waals surface area (Å²) in [6.07, 6.45) is 0. The van der Waals surface area contributed by atoms with E-state index in [0.717, 1.165) is 5.56 Å². The van der Waals surface area contributed by atoms with E-state index >= 15 is 0 Å². The molecule has 0 fully saturated rings. The van der Waals surface area contributed by atoms with Gasteiger partial charge in [-0.25, -0.2) is 4.39 Å². The van der Waals surface area contributed by atoms with Crippen molar-refractivity contribution in [2.45, 2.75) is 26.7 Å². The molecule has 84 valence electrons. The smallest absolute Gasteiger partial charge is 0.148 e. The van der Waals surface area contributed by atoms with Gasteiger partial charge in [0.1, 0.15) is 5.82 Å². The van der Waals surface area contributed by atoms with Crippen LogP contribution < -0.4 is 5.06 Å². The van der Waals surface area contributed by atoms with Crippen LogP contribution >= 0.6 is 0 Å². The number of nitrogens with zero attached hydrogens (tertiary/aromatic N) is 1. The number of hydrogen-bond acceptors (Lipinski definition) is 2. The molecule has 15 heavy (non-hydrogen) atoms. The highest BCUT2D eigenvalue weighted by molar-refractivity contribution is 5.48. The van der Waals surface area contributed by atoms with Crippen LogP contribution in [0.15, 0.2) is 18.2 Å². The topological polar surface area (TPSA) is 12.5 Å². The molecule has 0 bridgehead atoms. The molecule has 0 aromatic heterocycles. The van der Waals surface area contributed by atoms with Crippen LogP contribution in [-0.2, 0) is 4.84 Å². The first kappa shape index (κ1) is 12.0. The lowest BCUT2D eigenvalue weighted by Crippen LogP contribution is -2.18. The lowest BCUT2D eigenvalue weighted by atomic mass is 10.0. The van der Waals surface area contributed by atoms with Gasteiger partial charge in [-0.15, -0.1) is 0 Å². The predicted octanol–water partition coefficient (Wildman–Crippen LogP) is 3.34. The standard InChI is InChI=1S/C12H18FNO/c1-5-15-14(4)12-8-10(9(2)3)6-7-11(12)13/h6-9H,5H2,1-4H3. The van der Waals surface area contributed by atoms with Crippen LogP contribution in [0.5, 0.6) is 0 Å². The Kier molecular flexibility index (Phi) is 4.09. The largest absolute Gasteiger partial charge is 0.274 e. The summed E-state index contributed by atoms with van der Waals surface area (Å²) >= 11 is 0. The minimum atomic E-state index is -0.254. The van der Waals surface area contributed by atoms with E-state index in [1.807, 2.05) is 19.1 Å². The maximum Gasteiger partial charge on any atom is 0.148 e. The van der Waals surface area contributed by atoms with E-state index in [2.05, 4.69) is 13.8 Å². The molecule has 0 spiro atoms. The average molecular weight is 211 g/mol. The van der Waals surface area contributed by atoms with Crippen LogP contribution in [0.25, 0.3) is 0 Å². The van der Waals surface area contributed by atoms with Gasteiger partial charge >= 0.3 is 0 Å². The van der Waals surface area contributed by atoms with Crippen molar-refractivity contribution in [3.63, 3.8) is 0 Å². The number of benzene rings is 1. The zero-order valence-corrected chi connectivity index (χ0v) is 9.75. The van der Waals surface area contributed by atoms with E-state index in [4.69, 9.17) is 4.84 Å². The number of hydroxylamine groups is 1. The molecule has 1 aromatic carbocycles. The normalized spacial score (nSPS) is 10.8. The van der Waals surface area contributed by atoms with Crippen LogP contribution in [0.4, 0.5) is 10.1 Å². The Bertz CT molecular complexity index is 325. The van der Waals surface area contributed by atoms with Gasteiger partial charge in [-0.05, 0) is 30.5 Å².